The van der Waals surface area contributed by atoms with Gasteiger partial charge in [0.25, 0.3) is 5.09 Å². The minimum Gasteiger partial charge on any atom is -0.457 e. The van der Waals surface area contributed by atoms with Gasteiger partial charge in [0.15, 0.2) is 18.0 Å². The van der Waals surface area contributed by atoms with Crippen molar-refractivity contribution in [2.45, 2.75) is 90.3 Å². The Morgan fingerprint density at radius 2 is 1.90 bits per heavy atom. The summed E-state index contributed by atoms with van der Waals surface area (Å²) >= 11 is 0. The van der Waals surface area contributed by atoms with Crippen LogP contribution in [0.25, 0.3) is 0 Å². The fraction of sp³-hybridized carbons (Fsp3) is 0.733. The normalized spacial score (nSPS) is 34.8. The van der Waals surface area contributed by atoms with Crippen molar-refractivity contribution in [3.63, 3.8) is 0 Å². The molecule has 0 aromatic rings. The van der Waals surface area contributed by atoms with E-state index in [0.29, 0.717) is 32.1 Å². The summed E-state index contributed by atoms with van der Waals surface area (Å²) in [7, 11) is 0. The molecule has 3 fully saturated rings. The second-order valence-corrected chi connectivity index (χ2v) is 12.3. The minimum absolute atomic E-state index is 0.0149. The van der Waals surface area contributed by atoms with E-state index in [4.69, 9.17) is 14.2 Å². The molecule has 0 heterocycles. The number of carbonyl (C=O) groups excluding carboxylic acids is 4. The van der Waals surface area contributed by atoms with Crippen molar-refractivity contribution >= 4 is 23.7 Å². The van der Waals surface area contributed by atoms with E-state index in [-0.39, 0.29) is 56.0 Å². The van der Waals surface area contributed by atoms with Crippen LogP contribution in [0, 0.1) is 38.7 Å². The van der Waals surface area contributed by atoms with Crippen molar-refractivity contribution in [3.05, 3.63) is 33.9 Å². The topological polar surface area (TPSA) is 169 Å². The van der Waals surface area contributed by atoms with E-state index in [9.17, 15) is 34.4 Å². The number of rotatable bonds is 12. The first-order chi connectivity index (χ1) is 19.9. The van der Waals surface area contributed by atoms with Gasteiger partial charge in [-0.25, -0.2) is 4.79 Å². The molecule has 0 aliphatic heterocycles. The van der Waals surface area contributed by atoms with Crippen LogP contribution >= 0.6 is 0 Å². The lowest BCUT2D eigenvalue weighted by Gasteiger charge is -2.59. The van der Waals surface area contributed by atoms with Crippen molar-refractivity contribution in [3.8, 4) is 0 Å². The van der Waals surface area contributed by atoms with Gasteiger partial charge < -0.3 is 24.2 Å². The average Bonchev–Trinajstić information content (AvgIpc) is 3.21. The molecule has 4 rings (SSSR count). The average molecular weight is 592 g/mol. The Kier molecular flexibility index (Phi) is 9.44. The molecule has 12 heteroatoms. The molecular formula is C30H41NO11. The molecule has 1 N–H and O–H groups in total. The Morgan fingerprint density at radius 1 is 1.14 bits per heavy atom. The van der Waals surface area contributed by atoms with E-state index in [1.54, 1.807) is 19.1 Å². The molecule has 232 valence electrons. The molecule has 0 bridgehead atoms. The predicted octanol–water partition coefficient (Wildman–Crippen LogP) is 4.06. The third kappa shape index (κ3) is 5.82. The lowest BCUT2D eigenvalue weighted by molar-refractivity contribution is -0.757. The molecule has 7 atom stereocenters. The van der Waals surface area contributed by atoms with Crippen LogP contribution in [0.5, 0.6) is 0 Å². The Morgan fingerprint density at radius 3 is 2.62 bits per heavy atom. The molecule has 3 saturated carbocycles. The van der Waals surface area contributed by atoms with Crippen LogP contribution in [0.1, 0.15) is 78.6 Å². The fourth-order valence-corrected chi connectivity index (χ4v) is 8.31. The van der Waals surface area contributed by atoms with Crippen LogP contribution in [0.15, 0.2) is 23.8 Å². The number of Topliss-reactive ketones (excluding diaryl/α,β-unsaturated/α-hetero) is 1. The highest BCUT2D eigenvalue weighted by Gasteiger charge is 2.70. The van der Waals surface area contributed by atoms with Gasteiger partial charge in [0.2, 0.25) is 5.78 Å². The number of ketones is 2. The molecule has 4 aliphatic rings. The number of carbonyl (C=O) groups is 4. The second kappa shape index (κ2) is 12.5. The largest absolute Gasteiger partial charge is 0.509 e. The smallest absolute Gasteiger partial charge is 0.457 e. The highest BCUT2D eigenvalue weighted by molar-refractivity contribution is 6.01. The Balaban J connectivity index is 1.50. The summed E-state index contributed by atoms with van der Waals surface area (Å²) in [6, 6.07) is 0. The molecule has 0 aromatic carbocycles. The van der Waals surface area contributed by atoms with Gasteiger partial charge in [0.05, 0.1) is 19.3 Å². The molecule has 0 saturated heterocycles. The number of aliphatic hydroxyl groups excluding tert-OH is 1. The van der Waals surface area contributed by atoms with Gasteiger partial charge in [-0.05, 0) is 75.9 Å². The van der Waals surface area contributed by atoms with Crippen LogP contribution in [0.4, 0.5) is 4.79 Å². The lowest BCUT2D eigenvalue weighted by atomic mass is 9.46. The number of fused-ring (bicyclic) bond motifs is 5. The number of allylic oxidation sites excluding steroid dienone is 4. The molecule has 0 amide bonds. The first-order valence-electron chi connectivity index (χ1n) is 14.8. The van der Waals surface area contributed by atoms with E-state index < -0.39 is 52.1 Å². The van der Waals surface area contributed by atoms with Crippen molar-refractivity contribution in [1.29, 1.82) is 0 Å². The summed E-state index contributed by atoms with van der Waals surface area (Å²) in [5, 5.41) is 21.0. The summed E-state index contributed by atoms with van der Waals surface area (Å²) in [6.45, 7) is 4.96. The number of esters is 1. The molecule has 0 unspecified atom stereocenters. The number of hydrogen-bond donors (Lipinski definition) is 1. The van der Waals surface area contributed by atoms with Crippen LogP contribution in [-0.2, 0) is 33.4 Å². The van der Waals surface area contributed by atoms with E-state index in [2.05, 4.69) is 11.8 Å². The highest BCUT2D eigenvalue weighted by atomic mass is 16.9. The number of aliphatic hydroxyl groups is 1. The minimum atomic E-state index is -1.65. The molecular weight excluding hydrogens is 550 g/mol. The zero-order valence-electron chi connectivity index (χ0n) is 24.5. The van der Waals surface area contributed by atoms with Crippen LogP contribution < -0.4 is 0 Å². The van der Waals surface area contributed by atoms with Gasteiger partial charge in [-0.3, -0.25) is 14.4 Å². The van der Waals surface area contributed by atoms with Crippen LogP contribution in [0.2, 0.25) is 0 Å². The zero-order chi connectivity index (χ0) is 30.7. The first kappa shape index (κ1) is 31.7. The maximum absolute atomic E-state index is 13.9. The second-order valence-electron chi connectivity index (χ2n) is 12.3. The van der Waals surface area contributed by atoms with Crippen LogP contribution in [-0.4, -0.2) is 65.4 Å². The van der Waals surface area contributed by atoms with E-state index in [1.807, 2.05) is 13.0 Å². The Bertz CT molecular complexity index is 1160. The number of nitrogens with zero attached hydrogens (tertiary/aromatic N) is 1. The van der Waals surface area contributed by atoms with Crippen LogP contribution in [0.3, 0.4) is 0 Å². The van der Waals surface area contributed by atoms with E-state index >= 15 is 0 Å². The van der Waals surface area contributed by atoms with Gasteiger partial charge >= 0.3 is 12.1 Å². The Hall–Kier alpha value is -3.28. The molecule has 4 aliphatic carbocycles. The fourth-order valence-electron chi connectivity index (χ4n) is 8.31. The SMILES string of the molecule is CCOC(=O)O[C@]1(C(=O)COC(=O)CCCCCO[N+](=O)[O-])CC[C@H]2[C@@H]3CCC4=CC(=O)C=C[C@]4(C)[C@H]3[C@@H](O)C[C@@]21C. The van der Waals surface area contributed by atoms with Crippen molar-refractivity contribution < 1.29 is 48.4 Å². The summed E-state index contributed by atoms with van der Waals surface area (Å²) in [5.41, 5.74) is -2.06. The standard InChI is InChI=1S/C30H41NO11/c1-4-39-27(36)42-30(24(34)18-40-25(35)8-6-5-7-15-41-31(37)38)14-12-22-21-10-9-19-16-20(32)11-13-28(19,2)26(21)23(33)17-29(22,30)3/h11,13,16,21-23,26,33H,4-10,12,14-15,17-18H2,1-3H3/t21-,22-,23-,26+,28-,29-,30-/m0/s1. The summed E-state index contributed by atoms with van der Waals surface area (Å²) in [4.78, 5) is 65.6. The van der Waals surface area contributed by atoms with Gasteiger partial charge in [-0.1, -0.05) is 31.9 Å². The first-order valence-corrected chi connectivity index (χ1v) is 14.8. The lowest BCUT2D eigenvalue weighted by Crippen LogP contribution is -2.63. The van der Waals surface area contributed by atoms with Gasteiger partial charge in [0, 0.05) is 23.2 Å². The predicted molar refractivity (Wildman–Crippen MR) is 146 cm³/mol. The number of unbranched alkanes of at least 4 members (excludes halogenated alkanes) is 2. The third-order valence-corrected chi connectivity index (χ3v) is 10.2. The van der Waals surface area contributed by atoms with Crippen molar-refractivity contribution in [1.82, 2.24) is 0 Å². The summed E-state index contributed by atoms with van der Waals surface area (Å²) < 4.78 is 16.3. The third-order valence-electron chi connectivity index (χ3n) is 10.2. The summed E-state index contributed by atoms with van der Waals surface area (Å²) in [5.74, 6) is -1.42. The quantitative estimate of drug-likeness (QED) is 0.150. The number of ether oxygens (including phenoxy) is 3. The van der Waals surface area contributed by atoms with Crippen molar-refractivity contribution in [2.24, 2.45) is 28.6 Å². The van der Waals surface area contributed by atoms with Crippen molar-refractivity contribution in [2.75, 3.05) is 19.8 Å². The number of hydrogen-bond acceptors (Lipinski definition) is 11. The van der Waals surface area contributed by atoms with Gasteiger partial charge in [0.1, 0.15) is 0 Å². The molecule has 12 nitrogen and oxygen atoms in total. The van der Waals surface area contributed by atoms with Gasteiger partial charge in [-0.15, -0.1) is 10.1 Å². The molecule has 0 aromatic heterocycles. The zero-order valence-corrected chi connectivity index (χ0v) is 24.5. The monoisotopic (exact) mass is 591 g/mol. The summed E-state index contributed by atoms with van der Waals surface area (Å²) in [6.07, 6.45) is 7.07. The molecule has 42 heavy (non-hydrogen) atoms. The van der Waals surface area contributed by atoms with E-state index in [1.165, 1.54) is 0 Å². The maximum Gasteiger partial charge on any atom is 0.509 e. The molecule has 0 spiro atoms. The van der Waals surface area contributed by atoms with Gasteiger partial charge in [-0.2, -0.15) is 0 Å². The highest BCUT2D eigenvalue weighted by Crippen LogP contribution is 2.68. The Labute approximate surface area is 244 Å². The molecule has 0 radical (unpaired) electrons. The van der Waals surface area contributed by atoms with E-state index in [0.717, 1.165) is 12.0 Å². The maximum atomic E-state index is 13.9.